The van der Waals surface area contributed by atoms with Crippen molar-refractivity contribution < 1.29 is 0 Å². The van der Waals surface area contributed by atoms with Gasteiger partial charge in [0.1, 0.15) is 0 Å². The van der Waals surface area contributed by atoms with Crippen LogP contribution in [0.15, 0.2) is 182 Å². The molecule has 0 fully saturated rings. The van der Waals surface area contributed by atoms with Gasteiger partial charge in [0, 0.05) is 63.1 Å². The third-order valence-corrected chi connectivity index (χ3v) is 13.4. The van der Waals surface area contributed by atoms with Crippen molar-refractivity contribution >= 4 is 84.8 Å². The van der Waals surface area contributed by atoms with Crippen LogP contribution in [0.3, 0.4) is 0 Å². The smallest absolute Gasteiger partial charge is 0.164 e. The first-order valence-electron chi connectivity index (χ1n) is 19.0. The number of rotatable bonds is 5. The van der Waals surface area contributed by atoms with E-state index in [1.165, 1.54) is 79.0 Å². The van der Waals surface area contributed by atoms with Crippen LogP contribution >= 0.6 is 22.7 Å². The second-order valence-corrected chi connectivity index (χ2v) is 16.5. The zero-order valence-corrected chi connectivity index (χ0v) is 32.1. The van der Waals surface area contributed by atoms with Crippen LogP contribution in [0.25, 0.3) is 113 Å². The van der Waals surface area contributed by atoms with Gasteiger partial charge in [0.05, 0.1) is 21.4 Å². The fourth-order valence-electron chi connectivity index (χ4n) is 8.36. The third-order valence-electron chi connectivity index (χ3n) is 11.1. The predicted molar refractivity (Wildman–Crippen MR) is 242 cm³/mol. The van der Waals surface area contributed by atoms with E-state index in [4.69, 9.17) is 15.0 Å². The molecule has 0 saturated heterocycles. The fraction of sp³-hybridized carbons (Fsp3) is 0. The summed E-state index contributed by atoms with van der Waals surface area (Å²) in [5.74, 6) is 1.99. The van der Waals surface area contributed by atoms with Crippen molar-refractivity contribution in [2.24, 2.45) is 0 Å². The molecule has 4 aromatic heterocycles. The Morgan fingerprint density at radius 3 is 1.33 bits per heavy atom. The summed E-state index contributed by atoms with van der Waals surface area (Å²) in [5.41, 5.74) is 8.98. The number of nitrogens with zero attached hydrogens (tertiary/aromatic N) is 4. The molecule has 12 aromatic rings. The number of benzene rings is 8. The van der Waals surface area contributed by atoms with E-state index >= 15 is 0 Å². The van der Waals surface area contributed by atoms with E-state index in [2.05, 4.69) is 126 Å². The Labute approximate surface area is 335 Å². The first kappa shape index (κ1) is 32.3. The molecule has 0 atom stereocenters. The quantitative estimate of drug-likeness (QED) is 0.175. The van der Waals surface area contributed by atoms with Crippen LogP contribution in [0.5, 0.6) is 0 Å². The van der Waals surface area contributed by atoms with E-state index in [0.29, 0.717) is 17.5 Å². The van der Waals surface area contributed by atoms with E-state index in [0.717, 1.165) is 16.7 Å². The largest absolute Gasteiger partial charge is 0.308 e. The van der Waals surface area contributed by atoms with Crippen LogP contribution < -0.4 is 0 Å². The van der Waals surface area contributed by atoms with Gasteiger partial charge >= 0.3 is 0 Å². The molecule has 0 aliphatic rings. The molecule has 0 aliphatic carbocycles. The fourth-order valence-corrected chi connectivity index (χ4v) is 10.6. The predicted octanol–water partition coefficient (Wildman–Crippen LogP) is 14.4. The Kier molecular flexibility index (Phi) is 7.24. The number of para-hydroxylation sites is 2. The van der Waals surface area contributed by atoms with Gasteiger partial charge in [-0.2, -0.15) is 0 Å². The summed E-state index contributed by atoms with van der Waals surface area (Å²) < 4.78 is 7.52. The molecule has 57 heavy (non-hydrogen) atoms. The van der Waals surface area contributed by atoms with Crippen molar-refractivity contribution in [1.82, 2.24) is 19.5 Å². The normalized spacial score (nSPS) is 11.9. The van der Waals surface area contributed by atoms with Gasteiger partial charge < -0.3 is 4.57 Å². The highest BCUT2D eigenvalue weighted by molar-refractivity contribution is 7.26. The Morgan fingerprint density at radius 2 is 0.754 bits per heavy atom. The molecule has 0 N–H and O–H groups in total. The second kappa shape index (κ2) is 12.8. The molecule has 8 aromatic carbocycles. The molecule has 0 aliphatic heterocycles. The van der Waals surface area contributed by atoms with Gasteiger partial charge in [0.2, 0.25) is 0 Å². The molecular formula is C51H30N4S2. The first-order valence-corrected chi connectivity index (χ1v) is 20.6. The average Bonchev–Trinajstić information content (AvgIpc) is 3.96. The van der Waals surface area contributed by atoms with E-state index in [-0.39, 0.29) is 0 Å². The van der Waals surface area contributed by atoms with Gasteiger partial charge in [-0.1, -0.05) is 121 Å². The summed E-state index contributed by atoms with van der Waals surface area (Å²) in [6.45, 7) is 0. The van der Waals surface area contributed by atoms with Gasteiger partial charge in [-0.3, -0.25) is 0 Å². The van der Waals surface area contributed by atoms with Gasteiger partial charge in [-0.05, 0) is 71.8 Å². The summed E-state index contributed by atoms with van der Waals surface area (Å²) >= 11 is 3.70. The Balaban J connectivity index is 0.981. The number of thiophene rings is 2. The minimum Gasteiger partial charge on any atom is -0.308 e. The molecule has 0 unspecified atom stereocenters. The maximum Gasteiger partial charge on any atom is 0.164 e. The van der Waals surface area contributed by atoms with E-state index < -0.39 is 0 Å². The lowest BCUT2D eigenvalue weighted by Gasteiger charge is -2.09. The summed E-state index contributed by atoms with van der Waals surface area (Å²) in [6.07, 6.45) is 0. The van der Waals surface area contributed by atoms with Crippen LogP contribution in [-0.2, 0) is 0 Å². The summed E-state index contributed by atoms with van der Waals surface area (Å²) in [4.78, 5) is 14.9. The lowest BCUT2D eigenvalue weighted by atomic mass is 10.00. The monoisotopic (exact) mass is 762 g/mol. The SMILES string of the molecule is c1ccc(-c2nc(-c3ccccc3)nc(-c3ccc4sc5ccc(-c6ccc7sc8c(-n9c%10ccccc%10c%10ccccc%109)cccc8c7c6)cc5c4c3)n2)cc1. The highest BCUT2D eigenvalue weighted by Gasteiger charge is 2.18. The summed E-state index contributed by atoms with van der Waals surface area (Å²) in [7, 11) is 0. The minimum absolute atomic E-state index is 0.662. The Morgan fingerprint density at radius 1 is 0.316 bits per heavy atom. The molecule has 4 heterocycles. The number of fused-ring (bicyclic) bond motifs is 9. The lowest BCUT2D eigenvalue weighted by Crippen LogP contribution is -2.00. The lowest BCUT2D eigenvalue weighted by molar-refractivity contribution is 1.07. The molecule has 0 saturated carbocycles. The highest BCUT2D eigenvalue weighted by atomic mass is 32.1. The van der Waals surface area contributed by atoms with Crippen molar-refractivity contribution in [2.45, 2.75) is 0 Å². The van der Waals surface area contributed by atoms with E-state index in [1.807, 2.05) is 83.3 Å². The summed E-state index contributed by atoms with van der Waals surface area (Å²) in [6, 6.07) is 65.0. The standard InChI is InChI=1S/C51H30N4S2/c1-3-12-31(13-4-1)49-52-50(32-14-5-2-6-15-32)54-51(53-49)35-24-27-46-41(30-35)40-29-34(22-25-45(40)56-46)33-23-26-47-39(28-33)38-18-11-21-44(48(38)57-47)55-42-19-9-7-16-36(42)37-17-8-10-20-43(37)55/h1-30H. The topological polar surface area (TPSA) is 43.6 Å². The molecule has 0 spiro atoms. The molecule has 4 nitrogen and oxygen atoms in total. The molecule has 0 amide bonds. The van der Waals surface area contributed by atoms with E-state index in [9.17, 15) is 0 Å². The van der Waals surface area contributed by atoms with Gasteiger partial charge in [-0.25, -0.2) is 15.0 Å². The Hall–Kier alpha value is -6.99. The van der Waals surface area contributed by atoms with Crippen molar-refractivity contribution in [2.75, 3.05) is 0 Å². The van der Waals surface area contributed by atoms with Crippen LogP contribution in [0.2, 0.25) is 0 Å². The first-order chi connectivity index (χ1) is 28.2. The van der Waals surface area contributed by atoms with Gasteiger partial charge in [0.15, 0.2) is 17.5 Å². The molecule has 266 valence electrons. The highest BCUT2D eigenvalue weighted by Crippen LogP contribution is 2.43. The van der Waals surface area contributed by atoms with Crippen molar-refractivity contribution in [3.05, 3.63) is 182 Å². The minimum atomic E-state index is 0.662. The van der Waals surface area contributed by atoms with Crippen LogP contribution in [0.4, 0.5) is 0 Å². The number of aromatic nitrogens is 4. The Bertz CT molecular complexity index is 3410. The average molecular weight is 763 g/mol. The molecule has 12 rings (SSSR count). The maximum absolute atomic E-state index is 5.02. The van der Waals surface area contributed by atoms with Crippen molar-refractivity contribution in [3.63, 3.8) is 0 Å². The third kappa shape index (κ3) is 5.22. The zero-order valence-electron chi connectivity index (χ0n) is 30.4. The van der Waals surface area contributed by atoms with Crippen molar-refractivity contribution in [1.29, 1.82) is 0 Å². The van der Waals surface area contributed by atoms with Crippen LogP contribution in [0, 0.1) is 0 Å². The number of hydrogen-bond donors (Lipinski definition) is 0. The molecular weight excluding hydrogens is 733 g/mol. The molecule has 0 radical (unpaired) electrons. The maximum atomic E-state index is 5.02. The molecule has 6 heteroatoms. The second-order valence-electron chi connectivity index (χ2n) is 14.4. The van der Waals surface area contributed by atoms with Crippen LogP contribution in [0.1, 0.15) is 0 Å². The number of hydrogen-bond acceptors (Lipinski definition) is 5. The van der Waals surface area contributed by atoms with Crippen LogP contribution in [-0.4, -0.2) is 19.5 Å². The van der Waals surface area contributed by atoms with Gasteiger partial charge in [0.25, 0.3) is 0 Å². The zero-order chi connectivity index (χ0) is 37.5. The van der Waals surface area contributed by atoms with E-state index in [1.54, 1.807) is 0 Å². The summed E-state index contributed by atoms with van der Waals surface area (Å²) in [5, 5.41) is 7.56. The van der Waals surface area contributed by atoms with Gasteiger partial charge in [-0.15, -0.1) is 22.7 Å². The molecule has 0 bridgehead atoms. The van der Waals surface area contributed by atoms with Crippen molar-refractivity contribution in [3.8, 4) is 51.0 Å².